The van der Waals surface area contributed by atoms with Crippen molar-refractivity contribution in [2.45, 2.75) is 24.3 Å². The predicted octanol–water partition coefficient (Wildman–Crippen LogP) is 3.71. The number of hydrogen-bond acceptors (Lipinski definition) is 2. The zero-order valence-corrected chi connectivity index (χ0v) is 11.5. The van der Waals surface area contributed by atoms with Crippen LogP contribution in [0.3, 0.4) is 0 Å². The van der Waals surface area contributed by atoms with E-state index in [0.29, 0.717) is 23.1 Å². The van der Waals surface area contributed by atoms with Gasteiger partial charge in [0.25, 0.3) is 0 Å². The van der Waals surface area contributed by atoms with E-state index < -0.39 is 11.9 Å². The van der Waals surface area contributed by atoms with E-state index in [-0.39, 0.29) is 0 Å². The molecule has 1 aromatic heterocycles. The Hall–Kier alpha value is -0.780. The molecule has 0 aromatic carbocycles. The van der Waals surface area contributed by atoms with Crippen LogP contribution in [0, 0.1) is 5.92 Å². The van der Waals surface area contributed by atoms with Crippen LogP contribution in [0.4, 0.5) is 19.0 Å². The summed E-state index contributed by atoms with van der Waals surface area (Å²) in [4.78, 5) is 5.90. The van der Waals surface area contributed by atoms with Gasteiger partial charge in [-0.25, -0.2) is 4.98 Å². The van der Waals surface area contributed by atoms with E-state index in [1.54, 1.807) is 6.07 Å². The Morgan fingerprint density at radius 2 is 2.11 bits per heavy atom. The zero-order chi connectivity index (χ0) is 13.3. The first kappa shape index (κ1) is 13.6. The van der Waals surface area contributed by atoms with Gasteiger partial charge in [-0.2, -0.15) is 13.2 Å². The summed E-state index contributed by atoms with van der Waals surface area (Å²) in [6.07, 6.45) is -3.43. The first-order valence-electron chi connectivity index (χ1n) is 5.81. The van der Waals surface area contributed by atoms with Crippen LogP contribution in [0.2, 0.25) is 0 Å². The first-order chi connectivity index (χ1) is 8.38. The lowest BCUT2D eigenvalue weighted by Crippen LogP contribution is -2.40. The molecule has 18 heavy (non-hydrogen) atoms. The van der Waals surface area contributed by atoms with Gasteiger partial charge in [-0.05, 0) is 24.5 Å². The zero-order valence-electron chi connectivity index (χ0n) is 9.91. The average molecular weight is 323 g/mol. The molecule has 0 aliphatic carbocycles. The second-order valence-corrected chi connectivity index (χ2v) is 5.78. The van der Waals surface area contributed by atoms with Crippen molar-refractivity contribution in [3.8, 4) is 0 Å². The molecule has 2 rings (SSSR count). The fraction of sp³-hybridized carbons (Fsp3) is 0.583. The van der Waals surface area contributed by atoms with Crippen molar-refractivity contribution < 1.29 is 13.2 Å². The average Bonchev–Trinajstić information content (AvgIpc) is 2.32. The van der Waals surface area contributed by atoms with Gasteiger partial charge in [0.05, 0.1) is 0 Å². The van der Waals surface area contributed by atoms with Crippen LogP contribution in [-0.2, 0) is 6.18 Å². The third kappa shape index (κ3) is 2.96. The smallest absolute Gasteiger partial charge is 0.355 e. The molecular formula is C12H14BrF3N2. The van der Waals surface area contributed by atoms with Gasteiger partial charge in [0, 0.05) is 17.9 Å². The topological polar surface area (TPSA) is 16.1 Å². The van der Waals surface area contributed by atoms with E-state index >= 15 is 0 Å². The Bertz CT molecular complexity index is 422. The number of alkyl halides is 4. The summed E-state index contributed by atoms with van der Waals surface area (Å²) in [5.41, 5.74) is -0.829. The molecule has 0 spiro atoms. The van der Waals surface area contributed by atoms with E-state index in [4.69, 9.17) is 0 Å². The molecule has 0 saturated carbocycles. The molecule has 0 amide bonds. The van der Waals surface area contributed by atoms with E-state index in [2.05, 4.69) is 27.8 Å². The summed E-state index contributed by atoms with van der Waals surface area (Å²) >= 11 is 3.56. The van der Waals surface area contributed by atoms with Crippen molar-refractivity contribution in [2.75, 3.05) is 18.0 Å². The van der Waals surface area contributed by atoms with Crippen molar-refractivity contribution in [1.82, 2.24) is 4.98 Å². The van der Waals surface area contributed by atoms with E-state index in [1.165, 1.54) is 6.07 Å². The summed E-state index contributed by atoms with van der Waals surface area (Å²) in [5, 5.41) is 0. The molecule has 100 valence electrons. The third-order valence-corrected chi connectivity index (χ3v) is 4.41. The summed E-state index contributed by atoms with van der Waals surface area (Å²) < 4.78 is 37.8. The highest BCUT2D eigenvalue weighted by atomic mass is 79.9. The number of nitrogens with zero attached hydrogens (tertiary/aromatic N) is 2. The highest BCUT2D eigenvalue weighted by molar-refractivity contribution is 9.09. The van der Waals surface area contributed by atoms with Gasteiger partial charge >= 0.3 is 6.18 Å². The van der Waals surface area contributed by atoms with Crippen molar-refractivity contribution >= 4 is 21.7 Å². The van der Waals surface area contributed by atoms with Crippen LogP contribution >= 0.6 is 15.9 Å². The van der Waals surface area contributed by atoms with Crippen LogP contribution in [0.1, 0.15) is 19.0 Å². The summed E-state index contributed by atoms with van der Waals surface area (Å²) in [7, 11) is 0. The van der Waals surface area contributed by atoms with Gasteiger partial charge in [-0.15, -0.1) is 0 Å². The van der Waals surface area contributed by atoms with Gasteiger partial charge < -0.3 is 4.90 Å². The van der Waals surface area contributed by atoms with Gasteiger partial charge in [0.15, 0.2) is 0 Å². The molecule has 0 bridgehead atoms. The maximum Gasteiger partial charge on any atom is 0.433 e. The number of halogens is 4. The van der Waals surface area contributed by atoms with Crippen LogP contribution in [-0.4, -0.2) is 22.9 Å². The Balaban J connectivity index is 2.19. The minimum Gasteiger partial charge on any atom is -0.355 e. The van der Waals surface area contributed by atoms with Crippen LogP contribution in [0.15, 0.2) is 18.2 Å². The Labute approximate surface area is 112 Å². The molecule has 1 saturated heterocycles. The number of pyridine rings is 1. The number of rotatable bonds is 1. The highest BCUT2D eigenvalue weighted by Crippen LogP contribution is 2.31. The molecule has 1 aliphatic heterocycles. The van der Waals surface area contributed by atoms with Crippen molar-refractivity contribution in [2.24, 2.45) is 5.92 Å². The summed E-state index contributed by atoms with van der Waals surface area (Å²) in [5.74, 6) is 0.938. The third-order valence-electron chi connectivity index (χ3n) is 3.22. The second-order valence-electron chi connectivity index (χ2n) is 4.61. The number of aromatic nitrogens is 1. The van der Waals surface area contributed by atoms with Crippen LogP contribution in [0.5, 0.6) is 0 Å². The Kier molecular flexibility index (Phi) is 3.84. The minimum atomic E-state index is -4.38. The molecule has 6 heteroatoms. The van der Waals surface area contributed by atoms with Gasteiger partial charge in [0.2, 0.25) is 0 Å². The minimum absolute atomic E-state index is 0.294. The maximum absolute atomic E-state index is 12.6. The predicted molar refractivity (Wildman–Crippen MR) is 67.9 cm³/mol. The first-order valence-corrected chi connectivity index (χ1v) is 6.73. The fourth-order valence-corrected chi connectivity index (χ4v) is 2.60. The molecule has 2 heterocycles. The Morgan fingerprint density at radius 1 is 1.39 bits per heavy atom. The number of hydrogen-bond donors (Lipinski definition) is 0. The molecular weight excluding hydrogens is 309 g/mol. The lowest BCUT2D eigenvalue weighted by atomic mass is 9.99. The molecule has 1 aromatic rings. The summed E-state index contributed by atoms with van der Waals surface area (Å²) in [6.45, 7) is 3.57. The highest BCUT2D eigenvalue weighted by Gasteiger charge is 2.33. The fourth-order valence-electron chi connectivity index (χ4n) is 1.99. The van der Waals surface area contributed by atoms with Gasteiger partial charge in [0.1, 0.15) is 11.5 Å². The molecule has 0 N–H and O–H groups in total. The van der Waals surface area contributed by atoms with Crippen LogP contribution in [0.25, 0.3) is 0 Å². The normalized spacial score (nSPS) is 25.3. The summed E-state index contributed by atoms with van der Waals surface area (Å²) in [6, 6.07) is 4.04. The SMILES string of the molecule is CC1CCN(c2cccc(C(F)(F)F)n2)CC1Br. The molecule has 0 radical (unpaired) electrons. The largest absolute Gasteiger partial charge is 0.433 e. The van der Waals surface area contributed by atoms with E-state index in [1.807, 2.05) is 4.90 Å². The number of piperidine rings is 1. The molecule has 1 aliphatic rings. The monoisotopic (exact) mass is 322 g/mol. The molecule has 1 fully saturated rings. The van der Waals surface area contributed by atoms with Gasteiger partial charge in [-0.3, -0.25) is 0 Å². The van der Waals surface area contributed by atoms with Crippen LogP contribution < -0.4 is 4.90 Å². The van der Waals surface area contributed by atoms with Gasteiger partial charge in [-0.1, -0.05) is 28.9 Å². The lowest BCUT2D eigenvalue weighted by Gasteiger charge is -2.35. The van der Waals surface area contributed by atoms with Crippen molar-refractivity contribution in [3.05, 3.63) is 23.9 Å². The standard InChI is InChI=1S/C12H14BrF3N2/c1-8-5-6-18(7-9(8)13)11-4-2-3-10(17-11)12(14,15)16/h2-4,8-9H,5-7H2,1H3. The number of anilines is 1. The quantitative estimate of drug-likeness (QED) is 0.733. The van der Waals surface area contributed by atoms with E-state index in [0.717, 1.165) is 19.0 Å². The van der Waals surface area contributed by atoms with E-state index in [9.17, 15) is 13.2 Å². The lowest BCUT2D eigenvalue weighted by molar-refractivity contribution is -0.141. The molecule has 2 atom stereocenters. The molecule has 2 unspecified atom stereocenters. The van der Waals surface area contributed by atoms with Crippen molar-refractivity contribution in [3.63, 3.8) is 0 Å². The van der Waals surface area contributed by atoms with Crippen molar-refractivity contribution in [1.29, 1.82) is 0 Å². The second kappa shape index (κ2) is 5.07. The molecule has 2 nitrogen and oxygen atoms in total. The maximum atomic E-state index is 12.6. The Morgan fingerprint density at radius 3 is 2.72 bits per heavy atom.